The lowest BCUT2D eigenvalue weighted by Gasteiger charge is -2.09. The summed E-state index contributed by atoms with van der Waals surface area (Å²) in [5.74, 6) is -0.207. The molecule has 0 saturated carbocycles. The first kappa shape index (κ1) is 13.7. The van der Waals surface area contributed by atoms with Gasteiger partial charge in [0.25, 0.3) is 0 Å². The standard InChI is InChI=1S/C11H16N2O3S/c1-8-4-5-9(17(3,15)16)6-10(8)13-11(14)7-12-2/h4-6,12H,7H2,1-3H3,(H,13,14). The van der Waals surface area contributed by atoms with Crippen LogP contribution in [0, 0.1) is 6.92 Å². The number of carbonyl (C=O) groups excluding carboxylic acids is 1. The smallest absolute Gasteiger partial charge is 0.238 e. The number of nitrogens with one attached hydrogen (secondary N) is 2. The van der Waals surface area contributed by atoms with Crippen LogP contribution in [-0.2, 0) is 14.6 Å². The molecule has 1 rings (SSSR count). The van der Waals surface area contributed by atoms with Crippen molar-refractivity contribution in [3.63, 3.8) is 0 Å². The van der Waals surface area contributed by atoms with E-state index in [0.29, 0.717) is 5.69 Å². The predicted molar refractivity (Wildman–Crippen MR) is 66.8 cm³/mol. The maximum absolute atomic E-state index is 11.4. The SMILES string of the molecule is CNCC(=O)Nc1cc(S(C)(=O)=O)ccc1C. The molecule has 0 aliphatic carbocycles. The lowest BCUT2D eigenvalue weighted by molar-refractivity contribution is -0.115. The van der Waals surface area contributed by atoms with Gasteiger partial charge in [0, 0.05) is 11.9 Å². The van der Waals surface area contributed by atoms with Gasteiger partial charge in [0.2, 0.25) is 5.91 Å². The number of benzene rings is 1. The van der Waals surface area contributed by atoms with Gasteiger partial charge in [-0.1, -0.05) is 6.07 Å². The van der Waals surface area contributed by atoms with Crippen LogP contribution in [0.4, 0.5) is 5.69 Å². The highest BCUT2D eigenvalue weighted by Gasteiger charge is 2.10. The summed E-state index contributed by atoms with van der Waals surface area (Å²) in [5.41, 5.74) is 1.34. The van der Waals surface area contributed by atoms with Gasteiger partial charge < -0.3 is 10.6 Å². The maximum Gasteiger partial charge on any atom is 0.238 e. The number of sulfone groups is 1. The quantitative estimate of drug-likeness (QED) is 0.825. The Balaban J connectivity index is 3.03. The number of hydrogen-bond donors (Lipinski definition) is 2. The molecule has 0 aliphatic heterocycles. The number of rotatable bonds is 4. The van der Waals surface area contributed by atoms with Gasteiger partial charge in [-0.25, -0.2) is 8.42 Å². The van der Waals surface area contributed by atoms with Crippen LogP contribution in [0.15, 0.2) is 23.1 Å². The molecule has 0 aliphatic rings. The molecule has 0 bridgehead atoms. The first-order chi connectivity index (χ1) is 7.84. The Morgan fingerprint density at radius 1 is 1.35 bits per heavy atom. The molecule has 0 fully saturated rings. The highest BCUT2D eigenvalue weighted by Crippen LogP contribution is 2.19. The van der Waals surface area contributed by atoms with Crippen LogP contribution in [0.2, 0.25) is 0 Å². The summed E-state index contributed by atoms with van der Waals surface area (Å²) in [6.07, 6.45) is 1.14. The van der Waals surface area contributed by atoms with Gasteiger partial charge in [-0.3, -0.25) is 4.79 Å². The molecule has 1 aromatic rings. The Morgan fingerprint density at radius 3 is 2.53 bits per heavy atom. The van der Waals surface area contributed by atoms with Crippen molar-refractivity contribution >= 4 is 21.4 Å². The van der Waals surface area contributed by atoms with Crippen LogP contribution in [0.1, 0.15) is 5.56 Å². The van der Waals surface area contributed by atoms with E-state index in [1.165, 1.54) is 12.1 Å². The minimum absolute atomic E-state index is 0.183. The van der Waals surface area contributed by atoms with E-state index in [-0.39, 0.29) is 17.3 Å². The molecule has 5 nitrogen and oxygen atoms in total. The predicted octanol–water partition coefficient (Wildman–Crippen LogP) is 0.556. The Kier molecular flexibility index (Phi) is 4.25. The summed E-state index contributed by atoms with van der Waals surface area (Å²) < 4.78 is 22.8. The molecule has 0 unspecified atom stereocenters. The highest BCUT2D eigenvalue weighted by atomic mass is 32.2. The van der Waals surface area contributed by atoms with Crippen LogP contribution in [0.5, 0.6) is 0 Å². The molecule has 1 aromatic carbocycles. The van der Waals surface area contributed by atoms with Crippen molar-refractivity contribution in [2.45, 2.75) is 11.8 Å². The van der Waals surface area contributed by atoms with E-state index < -0.39 is 9.84 Å². The fraction of sp³-hybridized carbons (Fsp3) is 0.364. The Hall–Kier alpha value is -1.40. The van der Waals surface area contributed by atoms with E-state index in [4.69, 9.17) is 0 Å². The number of aryl methyl sites for hydroxylation is 1. The van der Waals surface area contributed by atoms with Crippen molar-refractivity contribution < 1.29 is 13.2 Å². The summed E-state index contributed by atoms with van der Waals surface area (Å²) in [5, 5.41) is 5.38. The van der Waals surface area contributed by atoms with Gasteiger partial charge in [-0.05, 0) is 31.7 Å². The van der Waals surface area contributed by atoms with Crippen molar-refractivity contribution in [2.24, 2.45) is 0 Å². The van der Waals surface area contributed by atoms with Crippen LogP contribution in [0.3, 0.4) is 0 Å². The maximum atomic E-state index is 11.4. The molecule has 0 aromatic heterocycles. The van der Waals surface area contributed by atoms with E-state index in [2.05, 4.69) is 10.6 Å². The van der Waals surface area contributed by atoms with Crippen LogP contribution < -0.4 is 10.6 Å². The van der Waals surface area contributed by atoms with E-state index in [0.717, 1.165) is 11.8 Å². The first-order valence-electron chi connectivity index (χ1n) is 5.09. The summed E-state index contributed by atoms with van der Waals surface area (Å²) in [6, 6.07) is 4.67. The molecule has 6 heteroatoms. The van der Waals surface area contributed by atoms with Gasteiger partial charge in [0.05, 0.1) is 11.4 Å². The summed E-state index contributed by atoms with van der Waals surface area (Å²) in [6.45, 7) is 1.99. The van der Waals surface area contributed by atoms with Gasteiger partial charge in [0.15, 0.2) is 9.84 Å². The molecule has 2 N–H and O–H groups in total. The van der Waals surface area contributed by atoms with Crippen LogP contribution in [0.25, 0.3) is 0 Å². The molecule has 0 saturated heterocycles. The Morgan fingerprint density at radius 2 is 2.00 bits per heavy atom. The monoisotopic (exact) mass is 256 g/mol. The van der Waals surface area contributed by atoms with E-state index in [1.54, 1.807) is 20.0 Å². The number of amides is 1. The van der Waals surface area contributed by atoms with Crippen molar-refractivity contribution in [2.75, 3.05) is 25.2 Å². The topological polar surface area (TPSA) is 75.3 Å². The number of carbonyl (C=O) groups is 1. The third kappa shape index (κ3) is 3.83. The van der Waals surface area contributed by atoms with Crippen molar-refractivity contribution in [1.29, 1.82) is 0 Å². The Bertz CT molecular complexity index is 524. The van der Waals surface area contributed by atoms with E-state index in [9.17, 15) is 13.2 Å². The van der Waals surface area contributed by atoms with Crippen LogP contribution in [-0.4, -0.2) is 34.2 Å². The second kappa shape index (κ2) is 5.29. The van der Waals surface area contributed by atoms with Gasteiger partial charge in [-0.15, -0.1) is 0 Å². The largest absolute Gasteiger partial charge is 0.325 e. The molecule has 0 radical (unpaired) electrons. The average Bonchev–Trinajstić information content (AvgIpc) is 2.20. The Labute approximate surface area is 101 Å². The molecule has 1 amide bonds. The van der Waals surface area contributed by atoms with Crippen molar-refractivity contribution in [1.82, 2.24) is 5.32 Å². The molecule has 17 heavy (non-hydrogen) atoms. The molecular weight excluding hydrogens is 240 g/mol. The van der Waals surface area contributed by atoms with E-state index in [1.807, 2.05) is 0 Å². The zero-order chi connectivity index (χ0) is 13.1. The minimum Gasteiger partial charge on any atom is -0.325 e. The second-order valence-corrected chi connectivity index (χ2v) is 5.84. The lowest BCUT2D eigenvalue weighted by Crippen LogP contribution is -2.25. The summed E-state index contributed by atoms with van der Waals surface area (Å²) in [4.78, 5) is 11.6. The lowest BCUT2D eigenvalue weighted by atomic mass is 10.2. The second-order valence-electron chi connectivity index (χ2n) is 3.83. The normalized spacial score (nSPS) is 11.2. The molecule has 0 atom stereocenters. The van der Waals surface area contributed by atoms with Gasteiger partial charge in [-0.2, -0.15) is 0 Å². The average molecular weight is 256 g/mol. The third-order valence-corrected chi connectivity index (χ3v) is 3.36. The zero-order valence-corrected chi connectivity index (χ0v) is 10.9. The fourth-order valence-electron chi connectivity index (χ4n) is 1.32. The highest BCUT2D eigenvalue weighted by molar-refractivity contribution is 7.90. The van der Waals surface area contributed by atoms with Crippen LogP contribution >= 0.6 is 0 Å². The number of hydrogen-bond acceptors (Lipinski definition) is 4. The number of likely N-dealkylation sites (N-methyl/N-ethyl adjacent to an activating group) is 1. The third-order valence-electron chi connectivity index (χ3n) is 2.25. The fourth-order valence-corrected chi connectivity index (χ4v) is 1.97. The molecule has 0 heterocycles. The number of anilines is 1. The van der Waals surface area contributed by atoms with Gasteiger partial charge >= 0.3 is 0 Å². The zero-order valence-electron chi connectivity index (χ0n) is 10.1. The minimum atomic E-state index is -3.26. The van der Waals surface area contributed by atoms with Crippen molar-refractivity contribution in [3.8, 4) is 0 Å². The van der Waals surface area contributed by atoms with Gasteiger partial charge in [0.1, 0.15) is 0 Å². The summed E-state index contributed by atoms with van der Waals surface area (Å²) in [7, 11) is -1.59. The summed E-state index contributed by atoms with van der Waals surface area (Å²) >= 11 is 0. The molecule has 94 valence electrons. The van der Waals surface area contributed by atoms with E-state index >= 15 is 0 Å². The van der Waals surface area contributed by atoms with Crippen molar-refractivity contribution in [3.05, 3.63) is 23.8 Å². The first-order valence-corrected chi connectivity index (χ1v) is 6.99. The molecule has 0 spiro atoms. The molecular formula is C11H16N2O3S.